The van der Waals surface area contributed by atoms with E-state index < -0.39 is 0 Å². The van der Waals surface area contributed by atoms with Crippen LogP contribution in [0, 0.1) is 6.92 Å². The van der Waals surface area contributed by atoms with Gasteiger partial charge >= 0.3 is 0 Å². The molecule has 5 nitrogen and oxygen atoms in total. The average molecular weight is 256 g/mol. The smallest absolute Gasteiger partial charge is 0.228 e. The second-order valence-electron chi connectivity index (χ2n) is 2.83. The van der Waals surface area contributed by atoms with Gasteiger partial charge in [-0.15, -0.1) is 0 Å². The highest BCUT2D eigenvalue weighted by molar-refractivity contribution is 9.10. The number of rotatable bonds is 1. The minimum atomic E-state index is -0.197. The van der Waals surface area contributed by atoms with Crippen molar-refractivity contribution in [2.45, 2.75) is 13.8 Å². The quantitative estimate of drug-likeness (QED) is 0.575. The summed E-state index contributed by atoms with van der Waals surface area (Å²) in [5.74, 6) is 0.541. The van der Waals surface area contributed by atoms with Crippen molar-refractivity contribution in [1.82, 2.24) is 15.1 Å². The van der Waals surface area contributed by atoms with Gasteiger partial charge in [-0.2, -0.15) is 0 Å². The zero-order valence-electron chi connectivity index (χ0n) is 7.54. The Labute approximate surface area is 87.6 Å². The summed E-state index contributed by atoms with van der Waals surface area (Å²) >= 11 is 3.23. The van der Waals surface area contributed by atoms with Gasteiger partial charge in [-0.25, -0.2) is 9.97 Å². The largest absolute Gasteiger partial charge is 0.350 e. The maximum atomic E-state index is 11.1. The third-order valence-corrected chi connectivity index (χ3v) is 2.27. The van der Waals surface area contributed by atoms with E-state index in [2.05, 4.69) is 31.1 Å². The molecule has 0 aromatic carbocycles. The summed E-state index contributed by atoms with van der Waals surface area (Å²) in [5, 5.41) is 3.71. The van der Waals surface area contributed by atoms with E-state index in [1.165, 1.54) is 6.92 Å². The maximum Gasteiger partial charge on any atom is 0.228 e. The normalized spacial score (nSPS) is 10.8. The lowest BCUT2D eigenvalue weighted by Gasteiger charge is -1.93. The van der Waals surface area contributed by atoms with Crippen LogP contribution in [0.2, 0.25) is 0 Å². The summed E-state index contributed by atoms with van der Waals surface area (Å²) in [5.41, 5.74) is 0.928. The van der Waals surface area contributed by atoms with E-state index in [0.29, 0.717) is 21.5 Å². The van der Waals surface area contributed by atoms with E-state index in [1.54, 1.807) is 6.92 Å². The highest BCUT2D eigenvalue weighted by Gasteiger charge is 2.17. The molecule has 0 atom stereocenters. The van der Waals surface area contributed by atoms with Crippen molar-refractivity contribution in [2.24, 2.45) is 0 Å². The van der Waals surface area contributed by atoms with Gasteiger partial charge in [-0.1, -0.05) is 5.16 Å². The highest BCUT2D eigenvalue weighted by Crippen LogP contribution is 2.22. The first-order valence-corrected chi connectivity index (χ1v) is 4.69. The average Bonchev–Trinajstić information content (AvgIpc) is 2.47. The van der Waals surface area contributed by atoms with E-state index in [1.807, 2.05) is 0 Å². The van der Waals surface area contributed by atoms with Crippen molar-refractivity contribution in [3.63, 3.8) is 0 Å². The molecule has 0 bridgehead atoms. The van der Waals surface area contributed by atoms with E-state index in [9.17, 15) is 4.79 Å². The van der Waals surface area contributed by atoms with Crippen LogP contribution in [-0.2, 0) is 0 Å². The Hall–Kier alpha value is -1.30. The number of ketones is 1. The van der Waals surface area contributed by atoms with Crippen molar-refractivity contribution < 1.29 is 9.32 Å². The van der Waals surface area contributed by atoms with Gasteiger partial charge in [-0.3, -0.25) is 4.79 Å². The molecule has 0 N–H and O–H groups in total. The first-order valence-electron chi connectivity index (χ1n) is 3.90. The zero-order chi connectivity index (χ0) is 10.3. The Morgan fingerprint density at radius 1 is 1.36 bits per heavy atom. The third kappa shape index (κ3) is 1.31. The van der Waals surface area contributed by atoms with Crippen LogP contribution in [0.25, 0.3) is 11.0 Å². The van der Waals surface area contributed by atoms with Gasteiger partial charge in [0.1, 0.15) is 15.9 Å². The Morgan fingerprint density at radius 3 is 2.71 bits per heavy atom. The van der Waals surface area contributed by atoms with Gasteiger partial charge in [0, 0.05) is 6.92 Å². The zero-order valence-corrected chi connectivity index (χ0v) is 9.12. The van der Waals surface area contributed by atoms with Crippen LogP contribution in [-0.4, -0.2) is 20.9 Å². The molecule has 6 heteroatoms. The van der Waals surface area contributed by atoms with Crippen molar-refractivity contribution >= 4 is 32.7 Å². The molecule has 0 spiro atoms. The fraction of sp³-hybridized carbons (Fsp3) is 0.250. The Bertz CT molecular complexity index is 521. The minimum Gasteiger partial charge on any atom is -0.350 e. The summed E-state index contributed by atoms with van der Waals surface area (Å²) in [6.07, 6.45) is 0. The summed E-state index contributed by atoms with van der Waals surface area (Å²) < 4.78 is 5.42. The van der Waals surface area contributed by atoms with Crippen molar-refractivity contribution in [1.29, 1.82) is 0 Å². The summed E-state index contributed by atoms with van der Waals surface area (Å²) in [7, 11) is 0. The molecule has 0 aliphatic rings. The lowest BCUT2D eigenvalue weighted by Crippen LogP contribution is -1.94. The molecule has 0 fully saturated rings. The van der Waals surface area contributed by atoms with Gasteiger partial charge in [0.05, 0.1) is 0 Å². The van der Waals surface area contributed by atoms with Crippen LogP contribution in [0.4, 0.5) is 0 Å². The number of aryl methyl sites for hydroxylation is 1. The number of nitrogens with zero attached hydrogens (tertiary/aromatic N) is 3. The lowest BCUT2D eigenvalue weighted by atomic mass is 10.3. The number of hydrogen-bond donors (Lipinski definition) is 0. The van der Waals surface area contributed by atoms with Crippen molar-refractivity contribution in [2.75, 3.05) is 0 Å². The van der Waals surface area contributed by atoms with Gasteiger partial charge < -0.3 is 4.52 Å². The maximum absolute atomic E-state index is 11.1. The number of halogens is 1. The van der Waals surface area contributed by atoms with Gasteiger partial charge in [-0.05, 0) is 22.9 Å². The number of aromatic nitrogens is 3. The van der Waals surface area contributed by atoms with Gasteiger partial charge in [0.15, 0.2) is 11.3 Å². The second-order valence-corrected chi connectivity index (χ2v) is 3.58. The number of carbonyl (C=O) groups is 1. The van der Waals surface area contributed by atoms with Crippen LogP contribution >= 0.6 is 15.9 Å². The Morgan fingerprint density at radius 2 is 2.07 bits per heavy atom. The van der Waals surface area contributed by atoms with E-state index in [4.69, 9.17) is 4.52 Å². The predicted octanol–water partition coefficient (Wildman–Crippen LogP) is 1.89. The molecule has 2 aromatic heterocycles. The van der Waals surface area contributed by atoms with Crippen LogP contribution in [0.1, 0.15) is 23.3 Å². The topological polar surface area (TPSA) is 68.9 Å². The molecule has 0 saturated carbocycles. The highest BCUT2D eigenvalue weighted by atomic mass is 79.9. The van der Waals surface area contributed by atoms with Crippen molar-refractivity contribution in [3.8, 4) is 0 Å². The summed E-state index contributed by atoms with van der Waals surface area (Å²) in [4.78, 5) is 19.3. The number of fused-ring (bicyclic) bond motifs is 1. The first kappa shape index (κ1) is 9.26. The molecule has 0 aliphatic heterocycles. The molecule has 0 amide bonds. The number of hydrogen-bond acceptors (Lipinski definition) is 5. The first-order chi connectivity index (χ1) is 6.59. The molecule has 0 saturated heterocycles. The van der Waals surface area contributed by atoms with Crippen LogP contribution in [0.3, 0.4) is 0 Å². The number of carbonyl (C=O) groups excluding carboxylic acids is 1. The SMILES string of the molecule is CC(=O)c1onc2c(Br)nc(C)nc12. The molecule has 72 valence electrons. The molecule has 0 unspecified atom stereocenters. The minimum absolute atomic E-state index is 0.172. The third-order valence-electron chi connectivity index (χ3n) is 1.72. The molecule has 2 rings (SSSR count). The van der Waals surface area contributed by atoms with Crippen LogP contribution < -0.4 is 0 Å². The molecule has 14 heavy (non-hydrogen) atoms. The molecular weight excluding hydrogens is 250 g/mol. The second kappa shape index (κ2) is 3.13. The van der Waals surface area contributed by atoms with E-state index in [0.717, 1.165) is 0 Å². The lowest BCUT2D eigenvalue weighted by molar-refractivity contribution is 0.0980. The Balaban J connectivity index is 2.85. The van der Waals surface area contributed by atoms with Crippen molar-refractivity contribution in [3.05, 3.63) is 16.2 Å². The predicted molar refractivity (Wildman–Crippen MR) is 52.0 cm³/mol. The Kier molecular flexibility index (Phi) is 2.07. The van der Waals surface area contributed by atoms with E-state index in [-0.39, 0.29) is 11.5 Å². The monoisotopic (exact) mass is 255 g/mol. The van der Waals surface area contributed by atoms with Gasteiger partial charge in [0.25, 0.3) is 0 Å². The molecular formula is C8H6BrN3O2. The fourth-order valence-electron chi connectivity index (χ4n) is 1.14. The summed E-state index contributed by atoms with van der Waals surface area (Å²) in [6, 6.07) is 0. The molecule has 2 heterocycles. The molecule has 2 aromatic rings. The molecule has 0 aliphatic carbocycles. The molecule has 0 radical (unpaired) electrons. The van der Waals surface area contributed by atoms with Crippen LogP contribution in [0.5, 0.6) is 0 Å². The van der Waals surface area contributed by atoms with E-state index >= 15 is 0 Å². The fourth-order valence-corrected chi connectivity index (χ4v) is 1.65. The number of Topliss-reactive ketones (excluding diaryl/α,β-unsaturated/α-hetero) is 1. The van der Waals surface area contributed by atoms with Gasteiger partial charge in [0.2, 0.25) is 5.76 Å². The summed E-state index contributed by atoms with van der Waals surface area (Å²) in [6.45, 7) is 3.15. The standard InChI is InChI=1S/C8H6BrN3O2/c1-3(13)7-5-6(12-14-7)8(9)11-4(2)10-5/h1-2H3. The van der Waals surface area contributed by atoms with Crippen LogP contribution in [0.15, 0.2) is 9.13 Å².